The number of aryl methyl sites for hydroxylation is 1. The molecule has 0 aliphatic heterocycles. The largest absolute Gasteiger partial charge is 0.508 e. The first-order chi connectivity index (χ1) is 9.40. The van der Waals surface area contributed by atoms with E-state index in [0.29, 0.717) is 5.69 Å². The van der Waals surface area contributed by atoms with E-state index in [9.17, 15) is 20.0 Å². The van der Waals surface area contributed by atoms with Crippen molar-refractivity contribution in [2.24, 2.45) is 7.05 Å². The Morgan fingerprint density at radius 3 is 2.65 bits per heavy atom. The van der Waals surface area contributed by atoms with Crippen LogP contribution in [0.25, 0.3) is 0 Å². The lowest BCUT2D eigenvalue weighted by atomic mass is 10.2. The maximum absolute atomic E-state index is 12.3. The number of hydrogen-bond acceptors (Lipinski definition) is 4. The number of anilines is 1. The molecule has 2 aromatic rings. The van der Waals surface area contributed by atoms with Gasteiger partial charge in [0.2, 0.25) is 0 Å². The van der Waals surface area contributed by atoms with Gasteiger partial charge in [0, 0.05) is 31.9 Å². The first-order valence-electron chi connectivity index (χ1n) is 5.78. The Balaban J connectivity index is 2.33. The predicted octanol–water partition coefficient (Wildman–Crippen LogP) is 1.92. The molecule has 2 rings (SSSR count). The first kappa shape index (κ1) is 13.6. The Kier molecular flexibility index (Phi) is 3.43. The van der Waals surface area contributed by atoms with Gasteiger partial charge in [0.15, 0.2) is 0 Å². The van der Waals surface area contributed by atoms with Gasteiger partial charge >= 0.3 is 0 Å². The Morgan fingerprint density at radius 1 is 1.40 bits per heavy atom. The lowest BCUT2D eigenvalue weighted by Gasteiger charge is -2.17. The van der Waals surface area contributed by atoms with E-state index < -0.39 is 10.8 Å². The molecule has 0 bridgehead atoms. The van der Waals surface area contributed by atoms with Crippen molar-refractivity contribution in [3.63, 3.8) is 0 Å². The second-order valence-electron chi connectivity index (χ2n) is 4.34. The fourth-order valence-corrected chi connectivity index (χ4v) is 1.85. The van der Waals surface area contributed by atoms with Crippen LogP contribution in [0, 0.1) is 10.1 Å². The monoisotopic (exact) mass is 275 g/mol. The van der Waals surface area contributed by atoms with Gasteiger partial charge in [-0.2, -0.15) is 0 Å². The number of hydrogen-bond donors (Lipinski definition) is 1. The molecule has 1 N–H and O–H groups in total. The van der Waals surface area contributed by atoms with E-state index in [0.717, 1.165) is 0 Å². The highest BCUT2D eigenvalue weighted by Gasteiger charge is 2.21. The summed E-state index contributed by atoms with van der Waals surface area (Å²) in [7, 11) is 3.10. The average molecular weight is 275 g/mol. The Hall–Kier alpha value is -2.83. The van der Waals surface area contributed by atoms with Crippen molar-refractivity contribution >= 4 is 17.3 Å². The lowest BCUT2D eigenvalue weighted by molar-refractivity contribution is -0.384. The highest BCUT2D eigenvalue weighted by Crippen LogP contribution is 2.22. The lowest BCUT2D eigenvalue weighted by Crippen LogP contribution is -2.27. The van der Waals surface area contributed by atoms with Gasteiger partial charge in [0.1, 0.15) is 11.4 Å². The molecule has 1 aromatic heterocycles. The van der Waals surface area contributed by atoms with Crippen LogP contribution in [-0.4, -0.2) is 27.6 Å². The fourth-order valence-electron chi connectivity index (χ4n) is 1.85. The van der Waals surface area contributed by atoms with Crippen LogP contribution < -0.4 is 4.90 Å². The molecule has 0 fully saturated rings. The van der Waals surface area contributed by atoms with Gasteiger partial charge in [-0.1, -0.05) is 6.07 Å². The Labute approximate surface area is 114 Å². The number of phenolic OH excluding ortho intramolecular Hbond substituents is 1. The molecular formula is C13H13N3O4. The van der Waals surface area contributed by atoms with Crippen molar-refractivity contribution in [2.45, 2.75) is 0 Å². The molecule has 7 nitrogen and oxygen atoms in total. The summed E-state index contributed by atoms with van der Waals surface area (Å²) >= 11 is 0. The quantitative estimate of drug-likeness (QED) is 0.684. The summed E-state index contributed by atoms with van der Waals surface area (Å²) in [5, 5.41) is 20.1. The topological polar surface area (TPSA) is 88.6 Å². The number of phenols is 1. The van der Waals surface area contributed by atoms with Crippen LogP contribution in [0.2, 0.25) is 0 Å². The van der Waals surface area contributed by atoms with E-state index in [4.69, 9.17) is 0 Å². The van der Waals surface area contributed by atoms with Crippen LogP contribution in [0.3, 0.4) is 0 Å². The molecule has 0 radical (unpaired) electrons. The van der Waals surface area contributed by atoms with Crippen molar-refractivity contribution < 1.29 is 14.8 Å². The summed E-state index contributed by atoms with van der Waals surface area (Å²) in [6, 6.07) is 7.43. The van der Waals surface area contributed by atoms with Gasteiger partial charge in [-0.25, -0.2) is 0 Å². The molecule has 104 valence electrons. The molecule has 0 saturated heterocycles. The number of rotatable bonds is 3. The third-order valence-electron chi connectivity index (χ3n) is 2.94. The second kappa shape index (κ2) is 5.04. The molecule has 20 heavy (non-hydrogen) atoms. The number of nitrogens with zero attached hydrogens (tertiary/aromatic N) is 3. The highest BCUT2D eigenvalue weighted by atomic mass is 16.6. The molecule has 7 heteroatoms. The van der Waals surface area contributed by atoms with E-state index in [2.05, 4.69) is 0 Å². The van der Waals surface area contributed by atoms with E-state index in [-0.39, 0.29) is 17.1 Å². The van der Waals surface area contributed by atoms with Gasteiger partial charge in [0.25, 0.3) is 11.6 Å². The standard InChI is InChI=1S/C13H13N3O4/c1-14-8-10(16(19)20)7-12(14)13(18)15(2)9-4-3-5-11(17)6-9/h3-8,17H,1-2H3. The van der Waals surface area contributed by atoms with Crippen molar-refractivity contribution in [3.8, 4) is 5.75 Å². The number of aromatic hydroxyl groups is 1. The number of carbonyl (C=O) groups is 1. The molecular weight excluding hydrogens is 262 g/mol. The van der Waals surface area contributed by atoms with Gasteiger partial charge in [-0.3, -0.25) is 14.9 Å². The Morgan fingerprint density at radius 2 is 2.10 bits per heavy atom. The zero-order chi connectivity index (χ0) is 14.9. The minimum Gasteiger partial charge on any atom is -0.508 e. The van der Waals surface area contributed by atoms with Crippen LogP contribution in [0.4, 0.5) is 11.4 Å². The number of benzene rings is 1. The summed E-state index contributed by atoms with van der Waals surface area (Å²) in [6.45, 7) is 0. The number of carbonyl (C=O) groups excluding carboxylic acids is 1. The van der Waals surface area contributed by atoms with Crippen molar-refractivity contribution in [2.75, 3.05) is 11.9 Å². The minimum absolute atomic E-state index is 0.0417. The molecule has 0 spiro atoms. The maximum Gasteiger partial charge on any atom is 0.287 e. The normalized spacial score (nSPS) is 10.3. The van der Waals surface area contributed by atoms with Crippen molar-refractivity contribution in [3.05, 3.63) is 52.3 Å². The van der Waals surface area contributed by atoms with Crippen LogP contribution in [-0.2, 0) is 7.05 Å². The van der Waals surface area contributed by atoms with Gasteiger partial charge in [-0.05, 0) is 12.1 Å². The van der Waals surface area contributed by atoms with Gasteiger partial charge in [-0.15, -0.1) is 0 Å². The van der Waals surface area contributed by atoms with Crippen LogP contribution in [0.5, 0.6) is 5.75 Å². The average Bonchev–Trinajstić information content (AvgIpc) is 2.79. The summed E-state index contributed by atoms with van der Waals surface area (Å²) in [5.74, 6) is -0.355. The molecule has 0 saturated carbocycles. The molecule has 0 aliphatic rings. The van der Waals surface area contributed by atoms with Crippen LogP contribution in [0.15, 0.2) is 36.5 Å². The van der Waals surface area contributed by atoms with Gasteiger partial charge in [0.05, 0.1) is 11.1 Å². The third-order valence-corrected chi connectivity index (χ3v) is 2.94. The molecule has 0 unspecified atom stereocenters. The number of aromatic nitrogens is 1. The minimum atomic E-state index is -0.550. The highest BCUT2D eigenvalue weighted by molar-refractivity contribution is 6.05. The van der Waals surface area contributed by atoms with E-state index in [1.54, 1.807) is 19.2 Å². The van der Waals surface area contributed by atoms with E-state index >= 15 is 0 Å². The maximum atomic E-state index is 12.3. The molecule has 1 heterocycles. The summed E-state index contributed by atoms with van der Waals surface area (Å²) in [4.78, 5) is 23.8. The second-order valence-corrected chi connectivity index (χ2v) is 4.34. The molecule has 0 aliphatic carbocycles. The van der Waals surface area contributed by atoms with Crippen LogP contribution in [0.1, 0.15) is 10.5 Å². The third kappa shape index (κ3) is 2.46. The summed E-state index contributed by atoms with van der Waals surface area (Å²) in [6.07, 6.45) is 1.28. The van der Waals surface area contributed by atoms with Gasteiger partial charge < -0.3 is 14.6 Å². The van der Waals surface area contributed by atoms with E-state index in [1.165, 1.54) is 40.9 Å². The summed E-state index contributed by atoms with van der Waals surface area (Å²) in [5.41, 5.74) is 0.557. The smallest absolute Gasteiger partial charge is 0.287 e. The molecule has 1 amide bonds. The predicted molar refractivity (Wildman–Crippen MR) is 72.9 cm³/mol. The zero-order valence-corrected chi connectivity index (χ0v) is 11.0. The first-order valence-corrected chi connectivity index (χ1v) is 5.78. The van der Waals surface area contributed by atoms with Crippen molar-refractivity contribution in [1.82, 2.24) is 4.57 Å². The van der Waals surface area contributed by atoms with Crippen LogP contribution >= 0.6 is 0 Å². The summed E-state index contributed by atoms with van der Waals surface area (Å²) < 4.78 is 1.40. The number of nitro groups is 1. The Bertz CT molecular complexity index is 678. The molecule has 1 aromatic carbocycles. The number of amides is 1. The van der Waals surface area contributed by atoms with E-state index in [1.807, 2.05) is 0 Å². The fraction of sp³-hybridized carbons (Fsp3) is 0.154. The molecule has 0 atom stereocenters. The SMILES string of the molecule is CN(C(=O)c1cc([N+](=O)[O-])cn1C)c1cccc(O)c1. The zero-order valence-electron chi connectivity index (χ0n) is 11.0. The van der Waals surface area contributed by atoms with Crippen molar-refractivity contribution in [1.29, 1.82) is 0 Å².